The largest absolute Gasteiger partial charge is 0.375 e. The lowest BCUT2D eigenvalue weighted by molar-refractivity contribution is 0.121. The number of likely N-dealkylation sites (tertiary alicyclic amines) is 1. The van der Waals surface area contributed by atoms with Gasteiger partial charge >= 0.3 is 0 Å². The van der Waals surface area contributed by atoms with E-state index in [-0.39, 0.29) is 0 Å². The quantitative estimate of drug-likeness (QED) is 0.738. The van der Waals surface area contributed by atoms with E-state index in [2.05, 4.69) is 33.7 Å². The Morgan fingerprint density at radius 1 is 1.07 bits per heavy atom. The molecule has 154 valence electrons. The Balaban J connectivity index is 1.29. The van der Waals surface area contributed by atoms with Crippen LogP contribution in [0.15, 0.2) is 41.3 Å². The first kappa shape index (κ1) is 19.8. The molecule has 28 heavy (non-hydrogen) atoms. The summed E-state index contributed by atoms with van der Waals surface area (Å²) in [6.45, 7) is 15.2. The Hall–Kier alpha value is -1.55. The Labute approximate surface area is 171 Å². The van der Waals surface area contributed by atoms with Gasteiger partial charge in [0, 0.05) is 30.9 Å². The van der Waals surface area contributed by atoms with Crippen LogP contribution in [-0.2, 0) is 0 Å². The third-order valence-electron chi connectivity index (χ3n) is 7.54. The zero-order valence-electron chi connectivity index (χ0n) is 17.7. The predicted molar refractivity (Wildman–Crippen MR) is 118 cm³/mol. The van der Waals surface area contributed by atoms with E-state index in [1.807, 2.05) is 13.0 Å². The van der Waals surface area contributed by atoms with Crippen molar-refractivity contribution in [2.24, 2.45) is 28.7 Å². The van der Waals surface area contributed by atoms with Crippen LogP contribution >= 0.6 is 0 Å². The summed E-state index contributed by atoms with van der Waals surface area (Å²) in [6, 6.07) is 0. The van der Waals surface area contributed by atoms with E-state index in [1.54, 1.807) is 0 Å². The highest BCUT2D eigenvalue weighted by Gasteiger charge is 2.39. The minimum Gasteiger partial charge on any atom is -0.375 e. The molecule has 4 aliphatic rings. The van der Waals surface area contributed by atoms with Crippen LogP contribution in [0.5, 0.6) is 0 Å². The Kier molecular flexibility index (Phi) is 6.25. The lowest BCUT2D eigenvalue weighted by atomic mass is 9.70. The monoisotopic (exact) mass is 382 g/mol. The van der Waals surface area contributed by atoms with Crippen molar-refractivity contribution in [3.05, 3.63) is 36.3 Å². The lowest BCUT2D eigenvalue weighted by Crippen LogP contribution is -2.38. The molecule has 3 aliphatic heterocycles. The number of hydrogen-bond acceptors (Lipinski definition) is 4. The first-order valence-electron chi connectivity index (χ1n) is 11.5. The van der Waals surface area contributed by atoms with Gasteiger partial charge in [0.25, 0.3) is 0 Å². The molecule has 0 aromatic carbocycles. The lowest BCUT2D eigenvalue weighted by Gasteiger charge is -2.40. The Morgan fingerprint density at radius 3 is 2.36 bits per heavy atom. The van der Waals surface area contributed by atoms with E-state index >= 15 is 0 Å². The number of piperidine rings is 1. The van der Waals surface area contributed by atoms with Crippen molar-refractivity contribution in [2.75, 3.05) is 26.2 Å². The summed E-state index contributed by atoms with van der Waals surface area (Å²) in [5.74, 6) is 4.65. The van der Waals surface area contributed by atoms with Crippen LogP contribution in [-0.4, -0.2) is 36.9 Å². The zero-order valence-corrected chi connectivity index (χ0v) is 17.7. The molecule has 2 saturated heterocycles. The van der Waals surface area contributed by atoms with Crippen LogP contribution in [0.3, 0.4) is 0 Å². The van der Waals surface area contributed by atoms with Gasteiger partial charge in [-0.3, -0.25) is 0 Å². The van der Waals surface area contributed by atoms with Gasteiger partial charge in [-0.05, 0) is 62.6 Å². The number of nitrogens with one attached hydrogen (secondary N) is 2. The van der Waals surface area contributed by atoms with Crippen molar-refractivity contribution < 1.29 is 0 Å². The summed E-state index contributed by atoms with van der Waals surface area (Å²) in [5.41, 5.74) is 3.21. The first-order valence-corrected chi connectivity index (χ1v) is 11.5. The molecule has 0 bridgehead atoms. The van der Waals surface area contributed by atoms with E-state index in [1.165, 1.54) is 63.7 Å². The fourth-order valence-electron chi connectivity index (χ4n) is 6.11. The molecule has 0 spiro atoms. The second kappa shape index (κ2) is 8.86. The molecule has 0 aromatic rings. The molecule has 4 nitrogen and oxygen atoms in total. The normalized spacial score (nSPS) is 30.0. The molecule has 4 rings (SSSR count). The van der Waals surface area contributed by atoms with Crippen LogP contribution in [0.4, 0.5) is 0 Å². The number of allylic oxidation sites excluding steroid dienone is 1. The summed E-state index contributed by atoms with van der Waals surface area (Å²) in [4.78, 5) is 7.12. The van der Waals surface area contributed by atoms with Crippen molar-refractivity contribution in [3.8, 4) is 0 Å². The Bertz CT molecular complexity index is 648. The summed E-state index contributed by atoms with van der Waals surface area (Å²) in [7, 11) is 0. The maximum Gasteiger partial charge on any atom is 0.103 e. The average Bonchev–Trinajstić information content (AvgIpc) is 3.18. The van der Waals surface area contributed by atoms with E-state index in [0.29, 0.717) is 0 Å². The van der Waals surface area contributed by atoms with Gasteiger partial charge < -0.3 is 15.5 Å². The molecular weight excluding hydrogens is 344 g/mol. The molecule has 3 fully saturated rings. The third kappa shape index (κ3) is 4.53. The van der Waals surface area contributed by atoms with Gasteiger partial charge in [0.05, 0.1) is 5.70 Å². The van der Waals surface area contributed by atoms with Gasteiger partial charge in [0.2, 0.25) is 0 Å². The summed E-state index contributed by atoms with van der Waals surface area (Å²) < 4.78 is 0. The van der Waals surface area contributed by atoms with E-state index in [4.69, 9.17) is 0 Å². The molecular formula is C24H38N4. The maximum atomic E-state index is 4.62. The van der Waals surface area contributed by atoms with Gasteiger partial charge in [-0.15, -0.1) is 0 Å². The van der Waals surface area contributed by atoms with Crippen LogP contribution in [0, 0.1) is 23.7 Å². The van der Waals surface area contributed by atoms with E-state index < -0.39 is 0 Å². The molecule has 2 N–H and O–H groups in total. The maximum absolute atomic E-state index is 4.62. The molecule has 3 heterocycles. The molecule has 0 aromatic heterocycles. The molecule has 2 unspecified atom stereocenters. The smallest absolute Gasteiger partial charge is 0.103 e. The topological polar surface area (TPSA) is 39.7 Å². The number of hydrogen-bond donors (Lipinski definition) is 2. The van der Waals surface area contributed by atoms with E-state index in [9.17, 15) is 0 Å². The molecule has 4 heteroatoms. The van der Waals surface area contributed by atoms with Crippen LogP contribution in [0.2, 0.25) is 0 Å². The number of nitrogens with zero attached hydrogens (tertiary/aromatic N) is 2. The fraction of sp³-hybridized carbons (Fsp3) is 0.708. The summed E-state index contributed by atoms with van der Waals surface area (Å²) >= 11 is 0. The number of aliphatic imine (C=N–C) groups is 1. The second-order valence-electron chi connectivity index (χ2n) is 9.43. The third-order valence-corrected chi connectivity index (χ3v) is 7.54. The van der Waals surface area contributed by atoms with Crippen molar-refractivity contribution in [3.63, 3.8) is 0 Å². The van der Waals surface area contributed by atoms with Crippen molar-refractivity contribution in [1.29, 1.82) is 0 Å². The second-order valence-corrected chi connectivity index (χ2v) is 9.43. The van der Waals surface area contributed by atoms with Crippen LogP contribution < -0.4 is 10.6 Å². The van der Waals surface area contributed by atoms with E-state index in [0.717, 1.165) is 60.4 Å². The average molecular weight is 383 g/mol. The minimum atomic E-state index is 0.832. The van der Waals surface area contributed by atoms with Gasteiger partial charge in [0.1, 0.15) is 5.84 Å². The SMILES string of the molecule is C=C1C=C(CC(=C)N2CCC(C3CNCC3C3CCCCC3)CC2)N=C(C)N1. The predicted octanol–water partition coefficient (Wildman–Crippen LogP) is 4.44. The van der Waals surface area contributed by atoms with Crippen molar-refractivity contribution in [1.82, 2.24) is 15.5 Å². The molecule has 0 amide bonds. The van der Waals surface area contributed by atoms with Crippen LogP contribution in [0.25, 0.3) is 0 Å². The zero-order chi connectivity index (χ0) is 19.5. The standard InChI is InChI=1S/C24H38N4/c1-17-13-22(27-19(3)26-17)14-18(2)28-11-9-21(10-12-28)24-16-25-15-23(24)20-7-5-4-6-8-20/h13,20-21,23-25H,1-2,4-12,14-16H2,3H3,(H,26,27). The van der Waals surface area contributed by atoms with Gasteiger partial charge in [0.15, 0.2) is 0 Å². The molecule has 0 radical (unpaired) electrons. The highest BCUT2D eigenvalue weighted by molar-refractivity contribution is 5.84. The Morgan fingerprint density at radius 2 is 1.71 bits per heavy atom. The van der Waals surface area contributed by atoms with Gasteiger partial charge in [-0.2, -0.15) is 0 Å². The molecule has 1 saturated carbocycles. The molecule has 1 aliphatic carbocycles. The van der Waals surface area contributed by atoms with Gasteiger partial charge in [-0.25, -0.2) is 4.99 Å². The van der Waals surface area contributed by atoms with Gasteiger partial charge in [-0.1, -0.05) is 45.3 Å². The van der Waals surface area contributed by atoms with Crippen LogP contribution in [0.1, 0.15) is 58.3 Å². The fourth-order valence-corrected chi connectivity index (χ4v) is 6.11. The highest BCUT2D eigenvalue weighted by atomic mass is 15.1. The van der Waals surface area contributed by atoms with Crippen molar-refractivity contribution >= 4 is 5.84 Å². The summed E-state index contributed by atoms with van der Waals surface area (Å²) in [5, 5.41) is 6.91. The number of amidine groups is 1. The summed E-state index contributed by atoms with van der Waals surface area (Å²) in [6.07, 6.45) is 12.9. The highest BCUT2D eigenvalue weighted by Crippen LogP contribution is 2.41. The number of rotatable bonds is 5. The molecule has 2 atom stereocenters. The van der Waals surface area contributed by atoms with Crippen molar-refractivity contribution in [2.45, 2.75) is 58.3 Å². The first-order chi connectivity index (χ1) is 13.6. The minimum absolute atomic E-state index is 0.832.